The second-order valence-electron chi connectivity index (χ2n) is 6.65. The highest BCUT2D eigenvalue weighted by atomic mass is 16.7. The van der Waals surface area contributed by atoms with Crippen molar-refractivity contribution in [2.75, 3.05) is 0 Å². The Balaban J connectivity index is 2.33. The van der Waals surface area contributed by atoms with E-state index in [1.54, 1.807) is 31.2 Å². The first-order chi connectivity index (χ1) is 12.0. The highest BCUT2D eigenvalue weighted by Gasteiger charge is 2.78. The van der Waals surface area contributed by atoms with Crippen molar-refractivity contribution in [3.63, 3.8) is 0 Å². The van der Waals surface area contributed by atoms with Crippen molar-refractivity contribution >= 4 is 5.90 Å². The summed E-state index contributed by atoms with van der Waals surface area (Å²) < 4.78 is 11.8. The smallest absolute Gasteiger partial charge is 0.215 e. The lowest BCUT2D eigenvalue weighted by molar-refractivity contribution is -0.343. The van der Waals surface area contributed by atoms with E-state index in [9.17, 15) is 15.8 Å². The molecule has 0 saturated carbocycles. The van der Waals surface area contributed by atoms with Crippen LogP contribution in [0.3, 0.4) is 0 Å². The molecule has 3 aliphatic heterocycles. The minimum atomic E-state index is -1.81. The summed E-state index contributed by atoms with van der Waals surface area (Å²) in [6.07, 6.45) is 0.260. The number of fused-ring (bicyclic) bond motifs is 3. The molecule has 3 saturated heterocycles. The Labute approximate surface area is 146 Å². The summed E-state index contributed by atoms with van der Waals surface area (Å²) >= 11 is 0. The van der Waals surface area contributed by atoms with Gasteiger partial charge in [-0.15, -0.1) is 0 Å². The maximum Gasteiger partial charge on any atom is 0.215 e. The summed E-state index contributed by atoms with van der Waals surface area (Å²) in [5.41, 5.74) is -2.89. The van der Waals surface area contributed by atoms with Crippen molar-refractivity contribution in [3.05, 3.63) is 35.9 Å². The minimum absolute atomic E-state index is 0.368. The number of benzene rings is 1. The zero-order valence-electron chi connectivity index (χ0n) is 14.1. The Bertz CT molecular complexity index is 818. The fourth-order valence-corrected chi connectivity index (χ4v) is 4.22. The number of ether oxygens (including phenoxy) is 2. The largest absolute Gasteiger partial charge is 0.448 e. The van der Waals surface area contributed by atoms with Gasteiger partial charge in [0.05, 0.1) is 24.1 Å². The highest BCUT2D eigenvalue weighted by molar-refractivity contribution is 5.88. The van der Waals surface area contributed by atoms with Crippen molar-refractivity contribution in [1.29, 1.82) is 21.2 Å². The SMILES string of the molecule is CCC[C@H]1C(C#N)(C#N)[C@]2(C#N)C(=N)O[C@@]1(C)O[C@H]2c1ccccc1. The van der Waals surface area contributed by atoms with Gasteiger partial charge in [0, 0.05) is 6.92 Å². The van der Waals surface area contributed by atoms with Gasteiger partial charge in [0.25, 0.3) is 0 Å². The average molecular weight is 334 g/mol. The first-order valence-corrected chi connectivity index (χ1v) is 8.20. The quantitative estimate of drug-likeness (QED) is 0.909. The zero-order chi connectivity index (χ0) is 18.3. The topological polar surface area (TPSA) is 114 Å². The standard InChI is InChI=1S/C19H18N4O2/c1-3-7-14-17(2)24-15(13-8-5-4-6-9-13)19(12-22,16(23)25-17)18(14,10-20)11-21/h4-6,8-9,14-15,23H,3,7H2,1-2H3/t14-,15+,17-,19+/m1/s1. The van der Waals surface area contributed by atoms with Gasteiger partial charge in [0.15, 0.2) is 10.8 Å². The van der Waals surface area contributed by atoms with E-state index in [0.717, 1.165) is 0 Å². The number of nitriles is 3. The van der Waals surface area contributed by atoms with Crippen LogP contribution in [0.4, 0.5) is 0 Å². The molecule has 2 bridgehead atoms. The average Bonchev–Trinajstić information content (AvgIpc) is 2.63. The van der Waals surface area contributed by atoms with Gasteiger partial charge in [-0.2, -0.15) is 15.8 Å². The zero-order valence-corrected chi connectivity index (χ0v) is 14.1. The van der Waals surface area contributed by atoms with Crippen LogP contribution in [0.15, 0.2) is 30.3 Å². The Hall–Kier alpha value is -2.88. The molecular formula is C19H18N4O2. The molecule has 3 fully saturated rings. The van der Waals surface area contributed by atoms with Crippen LogP contribution in [0.5, 0.6) is 0 Å². The highest BCUT2D eigenvalue weighted by Crippen LogP contribution is 2.67. The van der Waals surface area contributed by atoms with Gasteiger partial charge in [0.2, 0.25) is 11.7 Å². The van der Waals surface area contributed by atoms with Crippen LogP contribution in [-0.4, -0.2) is 11.7 Å². The van der Waals surface area contributed by atoms with E-state index in [4.69, 9.17) is 14.9 Å². The van der Waals surface area contributed by atoms with Gasteiger partial charge >= 0.3 is 0 Å². The van der Waals surface area contributed by atoms with Crippen molar-refractivity contribution in [1.82, 2.24) is 0 Å². The van der Waals surface area contributed by atoms with Gasteiger partial charge in [-0.1, -0.05) is 43.7 Å². The van der Waals surface area contributed by atoms with E-state index in [1.165, 1.54) is 0 Å². The third-order valence-corrected chi connectivity index (χ3v) is 5.39. The van der Waals surface area contributed by atoms with Gasteiger partial charge < -0.3 is 9.47 Å². The van der Waals surface area contributed by atoms with Crippen molar-refractivity contribution in [2.45, 2.75) is 38.6 Å². The summed E-state index contributed by atoms with van der Waals surface area (Å²) in [6, 6.07) is 15.2. The van der Waals surface area contributed by atoms with E-state index in [0.29, 0.717) is 18.4 Å². The maximum atomic E-state index is 10.1. The lowest BCUT2D eigenvalue weighted by Crippen LogP contribution is -2.71. The summed E-state index contributed by atoms with van der Waals surface area (Å²) in [5, 5.41) is 38.5. The van der Waals surface area contributed by atoms with Gasteiger partial charge in [-0.05, 0) is 12.0 Å². The van der Waals surface area contributed by atoms with E-state index < -0.39 is 28.6 Å². The third-order valence-electron chi connectivity index (χ3n) is 5.39. The molecule has 0 aromatic heterocycles. The number of nitrogens with one attached hydrogen (secondary N) is 1. The van der Waals surface area contributed by atoms with E-state index in [1.807, 2.05) is 13.0 Å². The van der Waals surface area contributed by atoms with Crippen LogP contribution < -0.4 is 0 Å². The lowest BCUT2D eigenvalue weighted by atomic mass is 9.50. The minimum Gasteiger partial charge on any atom is -0.448 e. The molecule has 4 atom stereocenters. The molecule has 0 amide bonds. The summed E-state index contributed by atoms with van der Waals surface area (Å²) in [7, 11) is 0. The second kappa shape index (κ2) is 5.59. The van der Waals surface area contributed by atoms with E-state index in [2.05, 4.69) is 18.2 Å². The van der Waals surface area contributed by atoms with Crippen LogP contribution in [0.1, 0.15) is 38.4 Å². The predicted octanol–water partition coefficient (Wildman–Crippen LogP) is 3.44. The molecule has 1 aromatic carbocycles. The summed E-state index contributed by atoms with van der Waals surface area (Å²) in [5.74, 6) is -2.31. The van der Waals surface area contributed by atoms with Crippen molar-refractivity contribution in [3.8, 4) is 18.2 Å². The Morgan fingerprint density at radius 1 is 1.12 bits per heavy atom. The van der Waals surface area contributed by atoms with Crippen LogP contribution in [0.25, 0.3) is 0 Å². The molecular weight excluding hydrogens is 316 g/mol. The molecule has 6 nitrogen and oxygen atoms in total. The molecule has 25 heavy (non-hydrogen) atoms. The summed E-state index contributed by atoms with van der Waals surface area (Å²) in [6.45, 7) is 3.59. The number of hydrogen-bond acceptors (Lipinski definition) is 6. The Morgan fingerprint density at radius 3 is 2.28 bits per heavy atom. The first-order valence-electron chi connectivity index (χ1n) is 8.20. The van der Waals surface area contributed by atoms with Crippen LogP contribution in [0, 0.1) is 56.2 Å². The summed E-state index contributed by atoms with van der Waals surface area (Å²) in [4.78, 5) is 0. The molecule has 4 rings (SSSR count). The van der Waals surface area contributed by atoms with Gasteiger partial charge in [0.1, 0.15) is 6.10 Å². The Kier molecular flexibility index (Phi) is 3.79. The van der Waals surface area contributed by atoms with Crippen LogP contribution in [0.2, 0.25) is 0 Å². The molecule has 0 radical (unpaired) electrons. The lowest BCUT2D eigenvalue weighted by Gasteiger charge is -2.61. The molecule has 126 valence electrons. The number of nitrogens with zero attached hydrogens (tertiary/aromatic N) is 3. The van der Waals surface area contributed by atoms with E-state index >= 15 is 0 Å². The number of hydrogen-bond donors (Lipinski definition) is 1. The molecule has 3 heterocycles. The Morgan fingerprint density at radius 2 is 1.76 bits per heavy atom. The number of rotatable bonds is 3. The van der Waals surface area contributed by atoms with Crippen molar-refractivity contribution < 1.29 is 9.47 Å². The normalized spacial score (nSPS) is 35.1. The fraction of sp³-hybridized carbons (Fsp3) is 0.474. The molecule has 1 N–H and O–H groups in total. The van der Waals surface area contributed by atoms with Crippen molar-refractivity contribution in [2.24, 2.45) is 16.7 Å². The monoisotopic (exact) mass is 334 g/mol. The third kappa shape index (κ3) is 1.88. The van der Waals surface area contributed by atoms with Crippen LogP contribution >= 0.6 is 0 Å². The van der Waals surface area contributed by atoms with E-state index in [-0.39, 0.29) is 5.90 Å². The molecule has 0 aliphatic carbocycles. The van der Waals surface area contributed by atoms with Crippen LogP contribution in [-0.2, 0) is 9.47 Å². The molecule has 1 aromatic rings. The second-order valence-corrected chi connectivity index (χ2v) is 6.65. The predicted molar refractivity (Wildman–Crippen MR) is 87.6 cm³/mol. The van der Waals surface area contributed by atoms with Gasteiger partial charge in [-0.3, -0.25) is 5.41 Å². The first kappa shape index (κ1) is 17.0. The molecule has 0 unspecified atom stereocenters. The molecule has 3 aliphatic rings. The molecule has 6 heteroatoms. The van der Waals surface area contributed by atoms with Gasteiger partial charge in [-0.25, -0.2) is 0 Å². The fourth-order valence-electron chi connectivity index (χ4n) is 4.22. The molecule has 0 spiro atoms. The maximum absolute atomic E-state index is 10.1.